The van der Waals surface area contributed by atoms with E-state index in [0.29, 0.717) is 5.69 Å². The first kappa shape index (κ1) is 19.4. The van der Waals surface area contributed by atoms with Crippen LogP contribution in [0.25, 0.3) is 0 Å². The van der Waals surface area contributed by atoms with Gasteiger partial charge >= 0.3 is 0 Å². The average molecular weight is 426 g/mol. The van der Waals surface area contributed by atoms with E-state index in [2.05, 4.69) is 10.6 Å². The Morgan fingerprint density at radius 3 is 2.20 bits per heavy atom. The maximum absolute atomic E-state index is 12.9. The number of para-hydroxylation sites is 2. The summed E-state index contributed by atoms with van der Waals surface area (Å²) < 4.78 is 0. The summed E-state index contributed by atoms with van der Waals surface area (Å²) in [5.74, 6) is 1.91. The highest BCUT2D eigenvalue weighted by Gasteiger charge is 2.51. The second-order valence-electron chi connectivity index (χ2n) is 9.24. The summed E-state index contributed by atoms with van der Waals surface area (Å²) in [6, 6.07) is 11.7. The molecule has 6 nitrogen and oxygen atoms in total. The predicted octanol–water partition coefficient (Wildman–Crippen LogP) is 5.88. The Morgan fingerprint density at radius 2 is 1.60 bits per heavy atom. The number of benzene rings is 2. The van der Waals surface area contributed by atoms with E-state index in [1.165, 1.54) is 56.7 Å². The fourth-order valence-corrected chi connectivity index (χ4v) is 6.45. The van der Waals surface area contributed by atoms with Gasteiger partial charge < -0.3 is 10.6 Å². The van der Waals surface area contributed by atoms with Gasteiger partial charge in [0.15, 0.2) is 0 Å². The van der Waals surface area contributed by atoms with Crippen LogP contribution < -0.4 is 10.6 Å². The third kappa shape index (κ3) is 3.54. The molecule has 0 atom stereocenters. The van der Waals surface area contributed by atoms with Gasteiger partial charge in [0.25, 0.3) is 11.6 Å². The summed E-state index contributed by atoms with van der Waals surface area (Å²) in [4.78, 5) is 23.7. The number of carbonyl (C=O) groups excluding carboxylic acids is 1. The van der Waals surface area contributed by atoms with Gasteiger partial charge in [-0.25, -0.2) is 0 Å². The number of nitro benzene ring substituents is 1. The number of nitro groups is 1. The first-order chi connectivity index (χ1) is 14.4. The largest absolute Gasteiger partial charge is 0.378 e. The first-order valence-electron chi connectivity index (χ1n) is 10.5. The number of hydrogen-bond acceptors (Lipinski definition) is 4. The topological polar surface area (TPSA) is 84.3 Å². The normalized spacial score (nSPS) is 28.9. The number of carbonyl (C=O) groups is 1. The molecule has 6 rings (SSSR count). The average Bonchev–Trinajstić information content (AvgIpc) is 2.68. The lowest BCUT2D eigenvalue weighted by atomic mass is 9.53. The molecule has 4 aliphatic rings. The van der Waals surface area contributed by atoms with Crippen LogP contribution in [0.15, 0.2) is 42.5 Å². The molecule has 1 amide bonds. The zero-order chi connectivity index (χ0) is 20.9. The number of halogens is 1. The molecule has 2 aromatic rings. The lowest BCUT2D eigenvalue weighted by Gasteiger charge is -2.57. The highest BCUT2D eigenvalue weighted by Crippen LogP contribution is 2.56. The smallest absolute Gasteiger partial charge is 0.283 e. The zero-order valence-corrected chi connectivity index (χ0v) is 17.3. The van der Waals surface area contributed by atoms with E-state index in [9.17, 15) is 14.9 Å². The monoisotopic (exact) mass is 425 g/mol. The van der Waals surface area contributed by atoms with Crippen molar-refractivity contribution in [3.63, 3.8) is 0 Å². The first-order valence-corrected chi connectivity index (χ1v) is 10.9. The van der Waals surface area contributed by atoms with Crippen molar-refractivity contribution in [2.75, 3.05) is 10.6 Å². The van der Waals surface area contributed by atoms with Crippen LogP contribution in [0.2, 0.25) is 5.02 Å². The fourth-order valence-electron chi connectivity index (χ4n) is 6.29. The summed E-state index contributed by atoms with van der Waals surface area (Å²) in [6.45, 7) is 0. The summed E-state index contributed by atoms with van der Waals surface area (Å²) in [7, 11) is 0. The molecule has 0 aliphatic heterocycles. The second kappa shape index (κ2) is 7.27. The Kier molecular flexibility index (Phi) is 4.69. The van der Waals surface area contributed by atoms with Crippen LogP contribution in [0, 0.1) is 27.9 Å². The number of nitrogens with zero attached hydrogens (tertiary/aromatic N) is 1. The molecule has 0 heterocycles. The minimum absolute atomic E-state index is 0.00555. The number of rotatable bonds is 5. The summed E-state index contributed by atoms with van der Waals surface area (Å²) >= 11 is 5.88. The van der Waals surface area contributed by atoms with Crippen LogP contribution in [0.4, 0.5) is 17.1 Å². The highest BCUT2D eigenvalue weighted by molar-refractivity contribution is 6.31. The van der Waals surface area contributed by atoms with Gasteiger partial charge in [0, 0.05) is 16.6 Å². The highest BCUT2D eigenvalue weighted by atomic mass is 35.5. The molecular formula is C23H24ClN3O3. The van der Waals surface area contributed by atoms with E-state index in [1.807, 2.05) is 24.3 Å². The number of anilines is 2. The van der Waals surface area contributed by atoms with Crippen molar-refractivity contribution in [3.8, 4) is 0 Å². The van der Waals surface area contributed by atoms with Crippen molar-refractivity contribution >= 4 is 34.6 Å². The zero-order valence-electron chi connectivity index (χ0n) is 16.6. The molecule has 2 N–H and O–H groups in total. The van der Waals surface area contributed by atoms with Crippen LogP contribution in [-0.2, 0) is 0 Å². The molecular weight excluding hydrogens is 402 g/mol. The Hall–Kier alpha value is -2.60. The van der Waals surface area contributed by atoms with Crippen LogP contribution in [0.1, 0.15) is 48.9 Å². The third-order valence-corrected chi connectivity index (χ3v) is 7.25. The van der Waals surface area contributed by atoms with E-state index in [1.54, 1.807) is 0 Å². The molecule has 2 aromatic carbocycles. The quantitative estimate of drug-likeness (QED) is 0.462. The van der Waals surface area contributed by atoms with E-state index in [-0.39, 0.29) is 21.8 Å². The maximum Gasteiger partial charge on any atom is 0.283 e. The van der Waals surface area contributed by atoms with E-state index in [4.69, 9.17) is 11.6 Å². The standard InChI is InChI=1S/C23H24ClN3O3/c24-17-5-6-18(21(10-17)27(29)30)22(28)25-19-3-1-2-4-20(19)26-23-11-14-7-15(12-23)9-16(8-14)13-23/h1-6,10,14-16,26H,7-9,11-13H2,(H,25,28). The van der Waals surface area contributed by atoms with Gasteiger partial charge in [-0.05, 0) is 80.5 Å². The van der Waals surface area contributed by atoms with Crippen molar-refractivity contribution < 1.29 is 9.72 Å². The number of nitrogens with one attached hydrogen (secondary N) is 2. The molecule has 4 fully saturated rings. The van der Waals surface area contributed by atoms with Crippen molar-refractivity contribution in [3.05, 3.63) is 63.2 Å². The molecule has 30 heavy (non-hydrogen) atoms. The Bertz CT molecular complexity index is 987. The van der Waals surface area contributed by atoms with Crippen molar-refractivity contribution in [1.82, 2.24) is 0 Å². The molecule has 0 aromatic heterocycles. The maximum atomic E-state index is 12.9. The van der Waals surface area contributed by atoms with Gasteiger partial charge in [0.1, 0.15) is 5.56 Å². The van der Waals surface area contributed by atoms with Crippen LogP contribution >= 0.6 is 11.6 Å². The van der Waals surface area contributed by atoms with Gasteiger partial charge in [-0.2, -0.15) is 0 Å². The third-order valence-electron chi connectivity index (χ3n) is 7.01. The Labute approximate surface area is 180 Å². The van der Waals surface area contributed by atoms with E-state index < -0.39 is 10.8 Å². The summed E-state index contributed by atoms with van der Waals surface area (Å²) in [5, 5.41) is 18.3. The van der Waals surface area contributed by atoms with Crippen LogP contribution in [-0.4, -0.2) is 16.4 Å². The van der Waals surface area contributed by atoms with Crippen LogP contribution in [0.3, 0.4) is 0 Å². The second-order valence-corrected chi connectivity index (χ2v) is 9.68. The van der Waals surface area contributed by atoms with Gasteiger partial charge in [-0.15, -0.1) is 0 Å². The molecule has 0 unspecified atom stereocenters. The van der Waals surface area contributed by atoms with Gasteiger partial charge in [0.05, 0.1) is 16.3 Å². The van der Waals surface area contributed by atoms with Crippen LogP contribution in [0.5, 0.6) is 0 Å². The molecule has 0 radical (unpaired) electrons. The number of amides is 1. The fraction of sp³-hybridized carbons (Fsp3) is 0.435. The molecule has 4 bridgehead atoms. The van der Waals surface area contributed by atoms with Crippen molar-refractivity contribution in [2.45, 2.75) is 44.1 Å². The number of hydrogen-bond donors (Lipinski definition) is 2. The van der Waals surface area contributed by atoms with E-state index in [0.717, 1.165) is 23.4 Å². The lowest BCUT2D eigenvalue weighted by Crippen LogP contribution is -2.54. The Morgan fingerprint density at radius 1 is 1.00 bits per heavy atom. The van der Waals surface area contributed by atoms with Crippen molar-refractivity contribution in [1.29, 1.82) is 0 Å². The van der Waals surface area contributed by atoms with Gasteiger partial charge in [0.2, 0.25) is 0 Å². The van der Waals surface area contributed by atoms with Crippen molar-refractivity contribution in [2.24, 2.45) is 17.8 Å². The van der Waals surface area contributed by atoms with Gasteiger partial charge in [-0.1, -0.05) is 23.7 Å². The molecule has 7 heteroatoms. The molecule has 0 saturated heterocycles. The molecule has 156 valence electrons. The van der Waals surface area contributed by atoms with Gasteiger partial charge in [-0.3, -0.25) is 14.9 Å². The summed E-state index contributed by atoms with van der Waals surface area (Å²) in [6.07, 6.45) is 7.64. The lowest BCUT2D eigenvalue weighted by molar-refractivity contribution is -0.385. The molecule has 0 spiro atoms. The van der Waals surface area contributed by atoms with E-state index >= 15 is 0 Å². The molecule has 4 aliphatic carbocycles. The predicted molar refractivity (Wildman–Crippen MR) is 117 cm³/mol. The molecule has 4 saturated carbocycles. The summed E-state index contributed by atoms with van der Waals surface area (Å²) in [5.41, 5.74) is 1.31. The SMILES string of the molecule is O=C(Nc1ccccc1NC12CC3CC(CC(C3)C1)C2)c1ccc(Cl)cc1[N+](=O)[O-]. The minimum atomic E-state index is -0.583. The Balaban J connectivity index is 1.40. The minimum Gasteiger partial charge on any atom is -0.378 e.